The number of rotatable bonds is 2. The Morgan fingerprint density at radius 2 is 2.36 bits per heavy atom. The fourth-order valence-corrected chi connectivity index (χ4v) is 1.45. The molecule has 2 N–H and O–H groups in total. The van der Waals surface area contributed by atoms with Gasteiger partial charge in [-0.3, -0.25) is 0 Å². The minimum absolute atomic E-state index is 0.538. The maximum Gasteiger partial charge on any atom is 0.127 e. The van der Waals surface area contributed by atoms with E-state index in [0.29, 0.717) is 13.2 Å². The predicted octanol–water partition coefficient (Wildman–Crippen LogP) is 1.43. The molecular weight excluding hydrogens is 178 g/mol. The van der Waals surface area contributed by atoms with E-state index in [2.05, 4.69) is 6.08 Å². The Hall–Kier alpha value is -1.48. The highest BCUT2D eigenvalue weighted by Gasteiger charge is 2.10. The van der Waals surface area contributed by atoms with Crippen LogP contribution >= 0.6 is 0 Å². The van der Waals surface area contributed by atoms with E-state index in [-0.39, 0.29) is 0 Å². The van der Waals surface area contributed by atoms with Gasteiger partial charge in [-0.25, -0.2) is 0 Å². The van der Waals surface area contributed by atoms with Crippen LogP contribution in [0.25, 0.3) is 6.08 Å². The highest BCUT2D eigenvalue weighted by atomic mass is 16.5. The normalized spacial score (nSPS) is 14.0. The average Bonchev–Trinajstić information content (AvgIpc) is 2.27. The molecule has 0 radical (unpaired) electrons. The molecule has 1 aromatic carbocycles. The summed E-state index contributed by atoms with van der Waals surface area (Å²) in [6, 6.07) is 5.75. The Bertz CT molecular complexity index is 372. The van der Waals surface area contributed by atoms with Crippen molar-refractivity contribution in [1.82, 2.24) is 0 Å². The molecular formula is C11H13NO2. The summed E-state index contributed by atoms with van der Waals surface area (Å²) in [5.41, 5.74) is 7.69. The SMILES string of the molecule is COc1ccc2c(c1)C=C(CN)CO2. The van der Waals surface area contributed by atoms with Crippen molar-refractivity contribution in [1.29, 1.82) is 0 Å². The molecule has 0 unspecified atom stereocenters. The fourth-order valence-electron chi connectivity index (χ4n) is 1.45. The Labute approximate surface area is 83.1 Å². The first-order chi connectivity index (χ1) is 6.83. The Morgan fingerprint density at radius 1 is 1.50 bits per heavy atom. The van der Waals surface area contributed by atoms with Gasteiger partial charge in [-0.1, -0.05) is 0 Å². The summed E-state index contributed by atoms with van der Waals surface area (Å²) in [7, 11) is 1.65. The summed E-state index contributed by atoms with van der Waals surface area (Å²) in [4.78, 5) is 0. The summed E-state index contributed by atoms with van der Waals surface area (Å²) >= 11 is 0. The molecule has 1 aliphatic rings. The van der Waals surface area contributed by atoms with Crippen molar-refractivity contribution < 1.29 is 9.47 Å². The molecule has 74 valence electrons. The maximum atomic E-state index is 5.55. The number of methoxy groups -OCH3 is 1. The van der Waals surface area contributed by atoms with E-state index >= 15 is 0 Å². The van der Waals surface area contributed by atoms with E-state index < -0.39 is 0 Å². The van der Waals surface area contributed by atoms with Gasteiger partial charge < -0.3 is 15.2 Å². The van der Waals surface area contributed by atoms with Crippen molar-refractivity contribution >= 4 is 6.08 Å². The summed E-state index contributed by atoms with van der Waals surface area (Å²) < 4.78 is 10.7. The van der Waals surface area contributed by atoms with Gasteiger partial charge in [0, 0.05) is 12.1 Å². The molecule has 0 amide bonds. The molecule has 0 atom stereocenters. The molecule has 0 spiro atoms. The van der Waals surface area contributed by atoms with Gasteiger partial charge in [0.25, 0.3) is 0 Å². The molecule has 0 bridgehead atoms. The van der Waals surface area contributed by atoms with Crippen LogP contribution in [0, 0.1) is 0 Å². The lowest BCUT2D eigenvalue weighted by atomic mass is 10.1. The van der Waals surface area contributed by atoms with Crippen LogP contribution in [0.5, 0.6) is 11.5 Å². The summed E-state index contributed by atoms with van der Waals surface area (Å²) in [5.74, 6) is 1.73. The van der Waals surface area contributed by atoms with Gasteiger partial charge in [-0.15, -0.1) is 0 Å². The second kappa shape index (κ2) is 3.72. The van der Waals surface area contributed by atoms with E-state index in [4.69, 9.17) is 15.2 Å². The first kappa shape index (κ1) is 9.09. The van der Waals surface area contributed by atoms with Crippen molar-refractivity contribution in [2.75, 3.05) is 20.3 Å². The van der Waals surface area contributed by atoms with Gasteiger partial charge >= 0.3 is 0 Å². The quantitative estimate of drug-likeness (QED) is 0.769. The van der Waals surface area contributed by atoms with Crippen molar-refractivity contribution in [3.8, 4) is 11.5 Å². The molecule has 1 aliphatic heterocycles. The van der Waals surface area contributed by atoms with Gasteiger partial charge in [-0.2, -0.15) is 0 Å². The number of hydrogen-bond donors (Lipinski definition) is 1. The molecule has 14 heavy (non-hydrogen) atoms. The third kappa shape index (κ3) is 1.59. The molecule has 1 heterocycles. The van der Waals surface area contributed by atoms with E-state index in [1.54, 1.807) is 7.11 Å². The van der Waals surface area contributed by atoms with E-state index in [1.807, 2.05) is 18.2 Å². The van der Waals surface area contributed by atoms with Crippen LogP contribution < -0.4 is 15.2 Å². The Kier molecular flexibility index (Phi) is 2.41. The molecule has 3 nitrogen and oxygen atoms in total. The van der Waals surface area contributed by atoms with Crippen LogP contribution in [0.1, 0.15) is 5.56 Å². The number of hydrogen-bond acceptors (Lipinski definition) is 3. The van der Waals surface area contributed by atoms with Gasteiger partial charge in [-0.05, 0) is 29.8 Å². The Balaban J connectivity index is 2.39. The monoisotopic (exact) mass is 191 g/mol. The van der Waals surface area contributed by atoms with Crippen LogP contribution in [0.15, 0.2) is 23.8 Å². The van der Waals surface area contributed by atoms with Gasteiger partial charge in [0.2, 0.25) is 0 Å². The predicted molar refractivity (Wildman–Crippen MR) is 55.5 cm³/mol. The zero-order valence-electron chi connectivity index (χ0n) is 8.12. The first-order valence-electron chi connectivity index (χ1n) is 4.54. The van der Waals surface area contributed by atoms with Crippen LogP contribution in [0.2, 0.25) is 0 Å². The maximum absolute atomic E-state index is 5.55. The van der Waals surface area contributed by atoms with Crippen molar-refractivity contribution in [3.63, 3.8) is 0 Å². The topological polar surface area (TPSA) is 44.5 Å². The molecule has 1 aromatic rings. The average molecular weight is 191 g/mol. The van der Waals surface area contributed by atoms with Gasteiger partial charge in [0.1, 0.15) is 18.1 Å². The second-order valence-electron chi connectivity index (χ2n) is 3.20. The first-order valence-corrected chi connectivity index (χ1v) is 4.54. The van der Waals surface area contributed by atoms with Crippen molar-refractivity contribution in [2.45, 2.75) is 0 Å². The van der Waals surface area contributed by atoms with E-state index in [1.165, 1.54) is 0 Å². The molecule has 3 heteroatoms. The van der Waals surface area contributed by atoms with Gasteiger partial charge in [0.05, 0.1) is 7.11 Å². The molecule has 0 saturated heterocycles. The lowest BCUT2D eigenvalue weighted by molar-refractivity contribution is 0.344. The van der Waals surface area contributed by atoms with Crippen LogP contribution in [0.4, 0.5) is 0 Å². The highest BCUT2D eigenvalue weighted by Crippen LogP contribution is 2.29. The third-order valence-corrected chi connectivity index (χ3v) is 2.25. The third-order valence-electron chi connectivity index (χ3n) is 2.25. The number of benzene rings is 1. The zero-order valence-corrected chi connectivity index (χ0v) is 8.12. The summed E-state index contributed by atoms with van der Waals surface area (Å²) in [6.45, 7) is 1.13. The highest BCUT2D eigenvalue weighted by molar-refractivity contribution is 5.64. The van der Waals surface area contributed by atoms with E-state index in [0.717, 1.165) is 22.6 Å². The summed E-state index contributed by atoms with van der Waals surface area (Å²) in [5, 5.41) is 0. The van der Waals surface area contributed by atoms with Gasteiger partial charge in [0.15, 0.2) is 0 Å². The summed E-state index contributed by atoms with van der Waals surface area (Å²) in [6.07, 6.45) is 2.06. The minimum atomic E-state index is 0.538. The fraction of sp³-hybridized carbons (Fsp3) is 0.273. The van der Waals surface area contributed by atoms with Crippen LogP contribution in [0.3, 0.4) is 0 Å². The van der Waals surface area contributed by atoms with Crippen molar-refractivity contribution in [3.05, 3.63) is 29.3 Å². The lowest BCUT2D eigenvalue weighted by Crippen LogP contribution is -2.14. The van der Waals surface area contributed by atoms with E-state index in [9.17, 15) is 0 Å². The van der Waals surface area contributed by atoms with Crippen LogP contribution in [-0.4, -0.2) is 20.3 Å². The standard InChI is InChI=1S/C11H13NO2/c1-13-10-2-3-11-9(5-10)4-8(6-12)7-14-11/h2-5H,6-7,12H2,1H3. The van der Waals surface area contributed by atoms with Crippen LogP contribution in [-0.2, 0) is 0 Å². The smallest absolute Gasteiger partial charge is 0.127 e. The molecule has 2 rings (SSSR count). The lowest BCUT2D eigenvalue weighted by Gasteiger charge is -2.17. The van der Waals surface area contributed by atoms with Crippen molar-refractivity contribution in [2.24, 2.45) is 5.73 Å². The molecule has 0 saturated carbocycles. The molecule has 0 fully saturated rings. The number of fused-ring (bicyclic) bond motifs is 1. The number of ether oxygens (including phenoxy) is 2. The number of nitrogens with two attached hydrogens (primary N) is 1. The Morgan fingerprint density at radius 3 is 3.07 bits per heavy atom. The molecule has 0 aromatic heterocycles. The molecule has 0 aliphatic carbocycles. The second-order valence-corrected chi connectivity index (χ2v) is 3.20. The minimum Gasteiger partial charge on any atom is -0.497 e. The largest absolute Gasteiger partial charge is 0.497 e. The zero-order chi connectivity index (χ0) is 9.97.